The summed E-state index contributed by atoms with van der Waals surface area (Å²) >= 11 is 0. The maximum Gasteiger partial charge on any atom is 0.254 e. The van der Waals surface area contributed by atoms with Gasteiger partial charge < -0.3 is 19.5 Å². The highest BCUT2D eigenvalue weighted by Gasteiger charge is 2.16. The summed E-state index contributed by atoms with van der Waals surface area (Å²) in [6, 6.07) is 18.2. The number of aromatic nitrogens is 1. The van der Waals surface area contributed by atoms with Crippen molar-refractivity contribution in [1.82, 2.24) is 10.1 Å². The number of hydrogen-bond acceptors (Lipinski definition) is 5. The Morgan fingerprint density at radius 2 is 1.82 bits per heavy atom. The van der Waals surface area contributed by atoms with Crippen molar-refractivity contribution in [3.05, 3.63) is 77.6 Å². The Balaban J connectivity index is 1.52. The minimum atomic E-state index is -0.350. The summed E-state index contributed by atoms with van der Waals surface area (Å²) in [5, 5.41) is 6.28. The summed E-state index contributed by atoms with van der Waals surface area (Å²) < 4.78 is 10.6. The van der Waals surface area contributed by atoms with Crippen LogP contribution in [0.3, 0.4) is 0 Å². The van der Waals surface area contributed by atoms with Crippen molar-refractivity contribution in [1.29, 1.82) is 0 Å². The van der Waals surface area contributed by atoms with Crippen LogP contribution in [0.5, 0.6) is 5.75 Å². The number of ether oxygens (including phenoxy) is 1. The number of amides is 2. The third-order valence-electron chi connectivity index (χ3n) is 3.97. The molecule has 0 radical (unpaired) electrons. The van der Waals surface area contributed by atoms with Crippen molar-refractivity contribution in [2.24, 2.45) is 0 Å². The first kappa shape index (κ1) is 19.2. The Kier molecular flexibility index (Phi) is 6.06. The smallest absolute Gasteiger partial charge is 0.254 e. The molecule has 3 aromatic rings. The van der Waals surface area contributed by atoms with Gasteiger partial charge in [0.2, 0.25) is 5.91 Å². The number of likely N-dealkylation sites (N-methyl/N-ethyl adjacent to an activating group) is 1. The molecule has 144 valence electrons. The van der Waals surface area contributed by atoms with Crippen molar-refractivity contribution in [2.75, 3.05) is 18.9 Å². The summed E-state index contributed by atoms with van der Waals surface area (Å²) in [6.07, 6.45) is 0. The largest absolute Gasteiger partial charge is 0.489 e. The van der Waals surface area contributed by atoms with Gasteiger partial charge in [0.05, 0.1) is 6.54 Å². The third kappa shape index (κ3) is 5.20. The molecule has 0 spiro atoms. The van der Waals surface area contributed by atoms with Gasteiger partial charge in [0.25, 0.3) is 5.91 Å². The fourth-order valence-corrected chi connectivity index (χ4v) is 2.54. The molecule has 2 aromatic carbocycles. The molecule has 1 aromatic heterocycles. The second-order valence-corrected chi connectivity index (χ2v) is 6.33. The lowest BCUT2D eigenvalue weighted by atomic mass is 10.1. The van der Waals surface area contributed by atoms with Crippen molar-refractivity contribution in [2.45, 2.75) is 13.5 Å². The molecular formula is C21H21N3O4. The zero-order chi connectivity index (χ0) is 19.9. The van der Waals surface area contributed by atoms with Crippen molar-refractivity contribution in [3.63, 3.8) is 0 Å². The topological polar surface area (TPSA) is 84.7 Å². The van der Waals surface area contributed by atoms with E-state index >= 15 is 0 Å². The first-order chi connectivity index (χ1) is 13.5. The molecule has 0 saturated carbocycles. The predicted octanol–water partition coefficient (Wildman–Crippen LogP) is 3.27. The second kappa shape index (κ2) is 8.85. The van der Waals surface area contributed by atoms with Crippen LogP contribution in [0.15, 0.2) is 65.2 Å². The van der Waals surface area contributed by atoms with E-state index in [1.54, 1.807) is 32.2 Å². The van der Waals surface area contributed by atoms with Crippen LogP contribution in [-0.2, 0) is 11.4 Å². The highest BCUT2D eigenvalue weighted by atomic mass is 16.5. The molecule has 1 heterocycles. The van der Waals surface area contributed by atoms with Crippen LogP contribution in [0.1, 0.15) is 21.7 Å². The molecule has 3 rings (SSSR count). The minimum Gasteiger partial charge on any atom is -0.489 e. The highest BCUT2D eigenvalue weighted by Crippen LogP contribution is 2.13. The number of nitrogens with zero attached hydrogens (tertiary/aromatic N) is 2. The van der Waals surface area contributed by atoms with E-state index in [0.717, 1.165) is 11.3 Å². The quantitative estimate of drug-likeness (QED) is 0.681. The van der Waals surface area contributed by atoms with Crippen molar-refractivity contribution in [3.8, 4) is 5.75 Å². The number of aryl methyl sites for hydroxylation is 1. The van der Waals surface area contributed by atoms with E-state index in [2.05, 4.69) is 10.5 Å². The molecule has 2 amide bonds. The zero-order valence-electron chi connectivity index (χ0n) is 15.7. The standard InChI is InChI=1S/C21H21N3O4/c1-15-12-19(23-28-15)22-20(25)13-24(2)21(26)17-10-8-16(9-11-17)14-27-18-6-4-3-5-7-18/h3-12H,13-14H2,1-2H3,(H,22,23,25). The molecule has 0 aliphatic carbocycles. The lowest BCUT2D eigenvalue weighted by molar-refractivity contribution is -0.116. The number of hydrogen-bond donors (Lipinski definition) is 1. The Labute approximate surface area is 162 Å². The van der Waals surface area contributed by atoms with Crippen LogP contribution >= 0.6 is 0 Å². The number of anilines is 1. The van der Waals surface area contributed by atoms with Gasteiger partial charge in [0.1, 0.15) is 18.1 Å². The number of carbonyl (C=O) groups excluding carboxylic acids is 2. The molecule has 28 heavy (non-hydrogen) atoms. The summed E-state index contributed by atoms with van der Waals surface area (Å²) in [5.74, 6) is 1.11. The van der Waals surface area contributed by atoms with Crippen LogP contribution in [0.4, 0.5) is 5.82 Å². The number of benzene rings is 2. The molecule has 0 bridgehead atoms. The Morgan fingerprint density at radius 3 is 2.46 bits per heavy atom. The first-order valence-corrected chi connectivity index (χ1v) is 8.76. The summed E-state index contributed by atoms with van der Waals surface area (Å²) in [4.78, 5) is 25.9. The van der Waals surface area contributed by atoms with E-state index < -0.39 is 0 Å². The van der Waals surface area contributed by atoms with Gasteiger partial charge in [0, 0.05) is 18.7 Å². The van der Waals surface area contributed by atoms with Gasteiger partial charge in [-0.3, -0.25) is 9.59 Å². The summed E-state index contributed by atoms with van der Waals surface area (Å²) in [5.41, 5.74) is 1.44. The van der Waals surface area contributed by atoms with Gasteiger partial charge in [-0.25, -0.2) is 0 Å². The molecule has 0 aliphatic heterocycles. The van der Waals surface area contributed by atoms with Crippen LogP contribution in [0.25, 0.3) is 0 Å². The van der Waals surface area contributed by atoms with Gasteiger partial charge >= 0.3 is 0 Å². The molecule has 1 N–H and O–H groups in total. The van der Waals surface area contributed by atoms with Crippen molar-refractivity contribution >= 4 is 17.6 Å². The molecular weight excluding hydrogens is 358 g/mol. The average molecular weight is 379 g/mol. The molecule has 0 aliphatic rings. The number of carbonyl (C=O) groups is 2. The summed E-state index contributed by atoms with van der Waals surface area (Å²) in [6.45, 7) is 2.05. The Hall–Kier alpha value is -3.61. The number of nitrogens with one attached hydrogen (secondary N) is 1. The highest BCUT2D eigenvalue weighted by molar-refractivity contribution is 5.98. The Bertz CT molecular complexity index is 936. The maximum absolute atomic E-state index is 12.5. The van der Waals surface area contributed by atoms with E-state index in [1.165, 1.54) is 4.90 Å². The average Bonchev–Trinajstić information content (AvgIpc) is 3.11. The number of para-hydroxylation sites is 1. The van der Waals surface area contributed by atoms with E-state index in [4.69, 9.17) is 9.26 Å². The van der Waals surface area contributed by atoms with E-state index in [1.807, 2.05) is 42.5 Å². The molecule has 0 unspecified atom stereocenters. The molecule has 0 fully saturated rings. The van der Waals surface area contributed by atoms with Crippen LogP contribution < -0.4 is 10.1 Å². The van der Waals surface area contributed by atoms with Crippen LogP contribution in [0.2, 0.25) is 0 Å². The zero-order valence-corrected chi connectivity index (χ0v) is 15.7. The normalized spacial score (nSPS) is 10.4. The second-order valence-electron chi connectivity index (χ2n) is 6.33. The summed E-state index contributed by atoms with van der Waals surface area (Å²) in [7, 11) is 1.57. The van der Waals surface area contributed by atoms with Crippen molar-refractivity contribution < 1.29 is 18.8 Å². The van der Waals surface area contributed by atoms with E-state index in [0.29, 0.717) is 23.7 Å². The van der Waals surface area contributed by atoms with E-state index in [-0.39, 0.29) is 18.4 Å². The van der Waals surface area contributed by atoms with Gasteiger partial charge in [-0.1, -0.05) is 35.5 Å². The fourth-order valence-electron chi connectivity index (χ4n) is 2.54. The van der Waals surface area contributed by atoms with E-state index in [9.17, 15) is 9.59 Å². The minimum absolute atomic E-state index is 0.0936. The fraction of sp³-hybridized carbons (Fsp3) is 0.190. The molecule has 0 atom stereocenters. The SMILES string of the molecule is Cc1cc(NC(=O)CN(C)C(=O)c2ccc(COc3ccccc3)cc2)no1. The van der Waals surface area contributed by atoms with Crippen LogP contribution in [0, 0.1) is 6.92 Å². The third-order valence-corrected chi connectivity index (χ3v) is 3.97. The molecule has 7 nitrogen and oxygen atoms in total. The monoisotopic (exact) mass is 379 g/mol. The Morgan fingerprint density at radius 1 is 1.11 bits per heavy atom. The van der Waals surface area contributed by atoms with Gasteiger partial charge in [0.15, 0.2) is 5.82 Å². The predicted molar refractivity (Wildman–Crippen MR) is 104 cm³/mol. The number of rotatable bonds is 7. The van der Waals surface area contributed by atoms with Gasteiger partial charge in [-0.05, 0) is 36.8 Å². The maximum atomic E-state index is 12.5. The lowest BCUT2D eigenvalue weighted by Gasteiger charge is -2.16. The van der Waals surface area contributed by atoms with Crippen LogP contribution in [-0.4, -0.2) is 35.5 Å². The first-order valence-electron chi connectivity index (χ1n) is 8.76. The molecule has 7 heteroatoms. The van der Waals surface area contributed by atoms with Gasteiger partial charge in [-0.15, -0.1) is 0 Å². The van der Waals surface area contributed by atoms with Gasteiger partial charge in [-0.2, -0.15) is 0 Å². The lowest BCUT2D eigenvalue weighted by Crippen LogP contribution is -2.35. The molecule has 0 saturated heterocycles.